The highest BCUT2D eigenvalue weighted by molar-refractivity contribution is 5.80. The number of carbonyl (C=O) groups is 1. The number of carbonyl (C=O) groups excluding carboxylic acids is 1. The Morgan fingerprint density at radius 2 is 2.29 bits per heavy atom. The predicted molar refractivity (Wildman–Crippen MR) is 93.9 cm³/mol. The Hall–Kier alpha value is -2.21. The van der Waals surface area contributed by atoms with Crippen LogP contribution in [0.3, 0.4) is 0 Å². The lowest BCUT2D eigenvalue weighted by Crippen LogP contribution is -2.48. The second-order valence-electron chi connectivity index (χ2n) is 6.61. The van der Waals surface area contributed by atoms with Crippen LogP contribution in [0.2, 0.25) is 0 Å². The van der Waals surface area contributed by atoms with Crippen molar-refractivity contribution in [2.24, 2.45) is 5.92 Å². The number of nitrogens with one attached hydrogen (secondary N) is 2. The molecule has 6 nitrogen and oxygen atoms in total. The molecule has 1 aliphatic rings. The number of para-hydroxylation sites is 1. The van der Waals surface area contributed by atoms with Gasteiger partial charge in [0.25, 0.3) is 5.56 Å². The molecule has 1 aliphatic heterocycles. The number of amides is 1. The minimum atomic E-state index is -0.0910. The van der Waals surface area contributed by atoms with E-state index in [9.17, 15) is 9.59 Å². The van der Waals surface area contributed by atoms with Crippen molar-refractivity contribution in [2.45, 2.75) is 39.3 Å². The first-order chi connectivity index (χ1) is 11.6. The lowest BCUT2D eigenvalue weighted by molar-refractivity contribution is -0.122. The maximum atomic E-state index is 12.5. The van der Waals surface area contributed by atoms with Crippen molar-refractivity contribution in [3.63, 3.8) is 0 Å². The van der Waals surface area contributed by atoms with Crippen LogP contribution in [0.4, 0.5) is 0 Å². The second-order valence-corrected chi connectivity index (χ2v) is 6.61. The number of nitrogens with zero attached hydrogens (tertiary/aromatic N) is 2. The highest BCUT2D eigenvalue weighted by atomic mass is 16.2. The molecule has 1 aromatic carbocycles. The van der Waals surface area contributed by atoms with Gasteiger partial charge in [-0.15, -0.1) is 0 Å². The zero-order chi connectivity index (χ0) is 17.1. The molecule has 1 fully saturated rings. The summed E-state index contributed by atoms with van der Waals surface area (Å²) in [6, 6.07) is 5.79. The van der Waals surface area contributed by atoms with Crippen LogP contribution in [-0.4, -0.2) is 34.6 Å². The van der Waals surface area contributed by atoms with E-state index >= 15 is 0 Å². The van der Waals surface area contributed by atoms with Crippen molar-refractivity contribution in [3.05, 3.63) is 40.4 Å². The van der Waals surface area contributed by atoms with Crippen molar-refractivity contribution in [2.75, 3.05) is 13.1 Å². The van der Waals surface area contributed by atoms with E-state index in [4.69, 9.17) is 0 Å². The van der Waals surface area contributed by atoms with Gasteiger partial charge in [-0.3, -0.25) is 14.2 Å². The molecule has 2 aromatic rings. The van der Waals surface area contributed by atoms with Gasteiger partial charge in [0.15, 0.2) is 0 Å². The summed E-state index contributed by atoms with van der Waals surface area (Å²) in [6.45, 7) is 6.28. The molecule has 2 unspecified atom stereocenters. The fourth-order valence-electron chi connectivity index (χ4n) is 3.23. The average Bonchev–Trinajstić information content (AvgIpc) is 2.57. The first-order valence-electron chi connectivity index (χ1n) is 8.51. The molecule has 0 saturated carbocycles. The summed E-state index contributed by atoms with van der Waals surface area (Å²) in [7, 11) is 0. The van der Waals surface area contributed by atoms with Crippen LogP contribution in [0, 0.1) is 12.8 Å². The van der Waals surface area contributed by atoms with Crippen LogP contribution in [0.15, 0.2) is 29.3 Å². The Bertz CT molecular complexity index is 799. The highest BCUT2D eigenvalue weighted by Crippen LogP contribution is 2.12. The quantitative estimate of drug-likeness (QED) is 0.884. The largest absolute Gasteiger partial charge is 0.353 e. The van der Waals surface area contributed by atoms with E-state index in [-0.39, 0.29) is 23.9 Å². The molecule has 2 N–H and O–H groups in total. The van der Waals surface area contributed by atoms with Gasteiger partial charge in [0.1, 0.15) is 0 Å². The molecule has 6 heteroatoms. The third kappa shape index (κ3) is 3.48. The van der Waals surface area contributed by atoms with Crippen LogP contribution in [-0.2, 0) is 11.3 Å². The lowest BCUT2D eigenvalue weighted by Gasteiger charge is -2.30. The van der Waals surface area contributed by atoms with Crippen molar-refractivity contribution in [1.82, 2.24) is 20.2 Å². The van der Waals surface area contributed by atoms with Gasteiger partial charge in [0.2, 0.25) is 5.91 Å². The van der Waals surface area contributed by atoms with E-state index in [2.05, 4.69) is 22.5 Å². The highest BCUT2D eigenvalue weighted by Gasteiger charge is 2.22. The smallest absolute Gasteiger partial charge is 0.261 e. The molecule has 2 atom stereocenters. The van der Waals surface area contributed by atoms with E-state index in [0.29, 0.717) is 17.8 Å². The monoisotopic (exact) mass is 328 g/mol. The van der Waals surface area contributed by atoms with Gasteiger partial charge in [-0.2, -0.15) is 0 Å². The van der Waals surface area contributed by atoms with E-state index in [1.165, 1.54) is 10.9 Å². The predicted octanol–water partition coefficient (Wildman–Crippen LogP) is 1.21. The molecule has 0 bridgehead atoms. The molecule has 128 valence electrons. The molecule has 2 heterocycles. The van der Waals surface area contributed by atoms with Crippen LogP contribution in [0.1, 0.15) is 25.3 Å². The number of hydrogen-bond acceptors (Lipinski definition) is 4. The Balaban J connectivity index is 1.66. The van der Waals surface area contributed by atoms with Crippen molar-refractivity contribution in [3.8, 4) is 0 Å². The Morgan fingerprint density at radius 1 is 1.46 bits per heavy atom. The van der Waals surface area contributed by atoms with E-state index in [0.717, 1.165) is 30.6 Å². The molecule has 1 amide bonds. The molecular formula is C18H24N4O2. The summed E-state index contributed by atoms with van der Waals surface area (Å²) >= 11 is 0. The summed E-state index contributed by atoms with van der Waals surface area (Å²) in [4.78, 5) is 29.1. The van der Waals surface area contributed by atoms with Crippen molar-refractivity contribution < 1.29 is 4.79 Å². The fourth-order valence-corrected chi connectivity index (χ4v) is 3.23. The van der Waals surface area contributed by atoms with Gasteiger partial charge < -0.3 is 10.6 Å². The number of benzene rings is 1. The standard InChI is InChI=1S/C18H24N4O2/c1-12-4-3-5-14-17(12)20-11-22(18(14)24)9-7-16(23)21-15-6-8-19-10-13(15)2/h3-5,11,13,15,19H,6-10H2,1-2H3,(H,21,23). The molecule has 3 rings (SSSR count). The molecule has 1 saturated heterocycles. The topological polar surface area (TPSA) is 76.0 Å². The first kappa shape index (κ1) is 16.6. The molecule has 0 spiro atoms. The molecule has 0 aliphatic carbocycles. The number of rotatable bonds is 4. The van der Waals surface area contributed by atoms with Gasteiger partial charge in [-0.1, -0.05) is 19.1 Å². The third-order valence-electron chi connectivity index (χ3n) is 4.77. The normalized spacial score (nSPS) is 20.9. The number of hydrogen-bond donors (Lipinski definition) is 2. The average molecular weight is 328 g/mol. The molecular weight excluding hydrogens is 304 g/mol. The van der Waals surface area contributed by atoms with Crippen molar-refractivity contribution in [1.29, 1.82) is 0 Å². The second kappa shape index (κ2) is 7.13. The van der Waals surface area contributed by atoms with Gasteiger partial charge in [0, 0.05) is 19.0 Å². The Morgan fingerprint density at radius 3 is 3.08 bits per heavy atom. The Kier molecular flexibility index (Phi) is 4.94. The number of aromatic nitrogens is 2. The lowest BCUT2D eigenvalue weighted by atomic mass is 9.95. The summed E-state index contributed by atoms with van der Waals surface area (Å²) in [5.41, 5.74) is 1.62. The van der Waals surface area contributed by atoms with Crippen LogP contribution >= 0.6 is 0 Å². The summed E-state index contributed by atoms with van der Waals surface area (Å²) < 4.78 is 1.52. The fraction of sp³-hybridized carbons (Fsp3) is 0.500. The third-order valence-corrected chi connectivity index (χ3v) is 4.77. The molecule has 0 radical (unpaired) electrons. The maximum Gasteiger partial charge on any atom is 0.261 e. The van der Waals surface area contributed by atoms with Crippen LogP contribution in [0.25, 0.3) is 10.9 Å². The Labute approximate surface area is 141 Å². The van der Waals surface area contributed by atoms with Gasteiger partial charge >= 0.3 is 0 Å². The van der Waals surface area contributed by atoms with Gasteiger partial charge in [0.05, 0.1) is 17.2 Å². The van der Waals surface area contributed by atoms with Crippen LogP contribution < -0.4 is 16.2 Å². The van der Waals surface area contributed by atoms with Gasteiger partial charge in [-0.25, -0.2) is 4.98 Å². The van der Waals surface area contributed by atoms with Crippen molar-refractivity contribution >= 4 is 16.8 Å². The molecule has 1 aromatic heterocycles. The SMILES string of the molecule is Cc1cccc2c(=O)n(CCC(=O)NC3CCNCC3C)cnc12. The minimum absolute atomic E-state index is 0.00927. The van der Waals surface area contributed by atoms with Crippen LogP contribution in [0.5, 0.6) is 0 Å². The van der Waals surface area contributed by atoms with E-state index < -0.39 is 0 Å². The zero-order valence-electron chi connectivity index (χ0n) is 14.2. The van der Waals surface area contributed by atoms with E-state index in [1.807, 2.05) is 19.1 Å². The zero-order valence-corrected chi connectivity index (χ0v) is 14.2. The summed E-state index contributed by atoms with van der Waals surface area (Å²) in [6.07, 6.45) is 2.78. The molecule has 24 heavy (non-hydrogen) atoms. The minimum Gasteiger partial charge on any atom is -0.353 e. The summed E-state index contributed by atoms with van der Waals surface area (Å²) in [5.74, 6) is 0.417. The van der Waals surface area contributed by atoms with E-state index in [1.54, 1.807) is 6.07 Å². The van der Waals surface area contributed by atoms with Gasteiger partial charge in [-0.05, 0) is 44.0 Å². The number of aryl methyl sites for hydroxylation is 2. The number of fused-ring (bicyclic) bond motifs is 1. The first-order valence-corrected chi connectivity index (χ1v) is 8.51. The summed E-state index contributed by atoms with van der Waals surface area (Å²) in [5, 5.41) is 7.01. The number of piperidine rings is 1. The maximum absolute atomic E-state index is 12.5.